The molecular formula is C14H12N2O. The molecule has 0 saturated carbocycles. The van der Waals surface area contributed by atoms with Crippen molar-refractivity contribution in [3.63, 3.8) is 0 Å². The van der Waals surface area contributed by atoms with Gasteiger partial charge in [0.25, 0.3) is 0 Å². The highest BCUT2D eigenvalue weighted by molar-refractivity contribution is 5.81. The Morgan fingerprint density at radius 2 is 1.82 bits per heavy atom. The second-order valence-electron chi connectivity index (χ2n) is 3.99. The number of H-pyrrole nitrogens is 1. The molecule has 0 radical (unpaired) electrons. The van der Waals surface area contributed by atoms with Crippen molar-refractivity contribution >= 4 is 10.9 Å². The van der Waals surface area contributed by atoms with E-state index in [1.165, 1.54) is 0 Å². The Morgan fingerprint density at radius 1 is 1.00 bits per heavy atom. The maximum absolute atomic E-state index is 10.4. The average molecular weight is 224 g/mol. The number of aliphatic hydroxyl groups excluding tert-OH is 1. The molecule has 0 fully saturated rings. The highest BCUT2D eigenvalue weighted by Crippen LogP contribution is 2.27. The number of benzene rings is 2. The van der Waals surface area contributed by atoms with Crippen LogP contribution < -0.4 is 0 Å². The summed E-state index contributed by atoms with van der Waals surface area (Å²) < 4.78 is 0. The Kier molecular flexibility index (Phi) is 2.38. The van der Waals surface area contributed by atoms with Gasteiger partial charge >= 0.3 is 0 Å². The van der Waals surface area contributed by atoms with Crippen molar-refractivity contribution in [3.8, 4) is 0 Å². The lowest BCUT2D eigenvalue weighted by atomic mass is 10.00. The average Bonchev–Trinajstić information content (AvgIpc) is 2.87. The van der Waals surface area contributed by atoms with Gasteiger partial charge in [-0.1, -0.05) is 48.5 Å². The molecule has 3 aromatic rings. The first-order valence-electron chi connectivity index (χ1n) is 5.51. The third-order valence-electron chi connectivity index (χ3n) is 2.92. The van der Waals surface area contributed by atoms with Gasteiger partial charge in [0.1, 0.15) is 6.10 Å². The fraction of sp³-hybridized carbons (Fsp3) is 0.0714. The summed E-state index contributed by atoms with van der Waals surface area (Å²) in [5.41, 5.74) is 2.63. The van der Waals surface area contributed by atoms with Gasteiger partial charge in [0.2, 0.25) is 0 Å². The molecule has 1 atom stereocenters. The van der Waals surface area contributed by atoms with Gasteiger partial charge in [-0.15, -0.1) is 0 Å². The third-order valence-corrected chi connectivity index (χ3v) is 2.92. The zero-order valence-electron chi connectivity index (χ0n) is 9.17. The van der Waals surface area contributed by atoms with Crippen LogP contribution in [0.5, 0.6) is 0 Å². The normalized spacial score (nSPS) is 12.8. The molecule has 3 nitrogen and oxygen atoms in total. The summed E-state index contributed by atoms with van der Waals surface area (Å²) in [5, 5.41) is 18.3. The minimum atomic E-state index is -0.625. The largest absolute Gasteiger partial charge is 0.384 e. The zero-order valence-corrected chi connectivity index (χ0v) is 9.17. The molecule has 1 heterocycles. The van der Waals surface area contributed by atoms with Crippen molar-refractivity contribution in [2.45, 2.75) is 6.10 Å². The maximum Gasteiger partial charge on any atom is 0.106 e. The van der Waals surface area contributed by atoms with E-state index in [-0.39, 0.29) is 0 Å². The van der Waals surface area contributed by atoms with Crippen LogP contribution in [-0.2, 0) is 0 Å². The lowest BCUT2D eigenvalue weighted by Crippen LogP contribution is -2.00. The van der Waals surface area contributed by atoms with Crippen molar-refractivity contribution in [1.29, 1.82) is 0 Å². The van der Waals surface area contributed by atoms with Crippen LogP contribution in [0.25, 0.3) is 10.9 Å². The molecule has 0 spiro atoms. The first-order valence-corrected chi connectivity index (χ1v) is 5.51. The van der Waals surface area contributed by atoms with Gasteiger partial charge in [-0.3, -0.25) is 5.10 Å². The van der Waals surface area contributed by atoms with Crippen LogP contribution in [0.1, 0.15) is 17.2 Å². The summed E-state index contributed by atoms with van der Waals surface area (Å²) in [4.78, 5) is 0. The lowest BCUT2D eigenvalue weighted by molar-refractivity contribution is 0.221. The first kappa shape index (κ1) is 10.1. The summed E-state index contributed by atoms with van der Waals surface area (Å²) >= 11 is 0. The standard InChI is InChI=1S/C14H12N2O/c17-14(10-5-2-1-3-6-10)12-8-4-7-11-9-15-16-13(11)12/h1-9,14,17H,(H,15,16). The SMILES string of the molecule is OC(c1ccccc1)c1cccc2cn[nH]c12. The number of hydrogen-bond donors (Lipinski definition) is 2. The topological polar surface area (TPSA) is 48.9 Å². The molecule has 1 aromatic heterocycles. The highest BCUT2D eigenvalue weighted by Gasteiger charge is 2.13. The molecule has 0 aliphatic rings. The van der Waals surface area contributed by atoms with Gasteiger partial charge in [0, 0.05) is 10.9 Å². The van der Waals surface area contributed by atoms with Crippen molar-refractivity contribution in [3.05, 3.63) is 65.9 Å². The molecule has 2 aromatic carbocycles. The van der Waals surface area contributed by atoms with Crippen molar-refractivity contribution in [2.24, 2.45) is 0 Å². The van der Waals surface area contributed by atoms with Gasteiger partial charge in [0.15, 0.2) is 0 Å². The van der Waals surface area contributed by atoms with E-state index in [9.17, 15) is 5.11 Å². The van der Waals surface area contributed by atoms with Gasteiger partial charge in [-0.25, -0.2) is 0 Å². The van der Waals surface area contributed by atoms with Gasteiger partial charge in [-0.05, 0) is 5.56 Å². The fourth-order valence-electron chi connectivity index (χ4n) is 2.03. The molecule has 2 N–H and O–H groups in total. The Labute approximate surface area is 98.7 Å². The quantitative estimate of drug-likeness (QED) is 0.703. The molecule has 1 unspecified atom stereocenters. The second kappa shape index (κ2) is 4.03. The van der Waals surface area contributed by atoms with E-state index in [1.54, 1.807) is 6.20 Å². The molecule has 0 aliphatic carbocycles. The number of rotatable bonds is 2. The minimum absolute atomic E-state index is 0.625. The summed E-state index contributed by atoms with van der Waals surface area (Å²) in [6.45, 7) is 0. The van der Waals surface area contributed by atoms with Crippen molar-refractivity contribution in [1.82, 2.24) is 10.2 Å². The molecule has 0 saturated heterocycles. The Morgan fingerprint density at radius 3 is 2.65 bits per heavy atom. The molecule has 3 rings (SSSR count). The number of hydrogen-bond acceptors (Lipinski definition) is 2. The van der Waals surface area contributed by atoms with E-state index in [0.29, 0.717) is 0 Å². The lowest BCUT2D eigenvalue weighted by Gasteiger charge is -2.11. The van der Waals surface area contributed by atoms with Gasteiger partial charge in [-0.2, -0.15) is 5.10 Å². The van der Waals surface area contributed by atoms with E-state index in [1.807, 2.05) is 48.5 Å². The predicted octanol–water partition coefficient (Wildman–Crippen LogP) is 2.64. The summed E-state index contributed by atoms with van der Waals surface area (Å²) in [6.07, 6.45) is 1.14. The number of aromatic nitrogens is 2. The molecule has 0 amide bonds. The number of fused-ring (bicyclic) bond motifs is 1. The van der Waals surface area contributed by atoms with Crippen molar-refractivity contribution < 1.29 is 5.11 Å². The molecule has 17 heavy (non-hydrogen) atoms. The van der Waals surface area contributed by atoms with E-state index < -0.39 is 6.10 Å². The van der Waals surface area contributed by atoms with Crippen molar-refractivity contribution in [2.75, 3.05) is 0 Å². The monoisotopic (exact) mass is 224 g/mol. The second-order valence-corrected chi connectivity index (χ2v) is 3.99. The number of para-hydroxylation sites is 1. The van der Waals surface area contributed by atoms with Gasteiger partial charge in [0.05, 0.1) is 11.7 Å². The van der Waals surface area contributed by atoms with E-state index in [4.69, 9.17) is 0 Å². The number of nitrogens with zero attached hydrogens (tertiary/aromatic N) is 1. The van der Waals surface area contributed by atoms with Crippen LogP contribution >= 0.6 is 0 Å². The van der Waals surface area contributed by atoms with Crippen LogP contribution in [0.15, 0.2) is 54.7 Å². The van der Waals surface area contributed by atoms with Crippen LogP contribution in [0.4, 0.5) is 0 Å². The predicted molar refractivity (Wildman–Crippen MR) is 66.6 cm³/mol. The molecule has 84 valence electrons. The summed E-state index contributed by atoms with van der Waals surface area (Å²) in [7, 11) is 0. The van der Waals surface area contributed by atoms with E-state index in [2.05, 4.69) is 10.2 Å². The highest BCUT2D eigenvalue weighted by atomic mass is 16.3. The van der Waals surface area contributed by atoms with E-state index in [0.717, 1.165) is 22.0 Å². The molecule has 0 bridgehead atoms. The zero-order chi connectivity index (χ0) is 11.7. The molecular weight excluding hydrogens is 212 g/mol. The summed E-state index contributed by atoms with van der Waals surface area (Å²) in [5.74, 6) is 0. The van der Waals surface area contributed by atoms with Crippen LogP contribution in [0.3, 0.4) is 0 Å². The number of nitrogens with one attached hydrogen (secondary N) is 1. The molecule has 0 aliphatic heterocycles. The first-order chi connectivity index (χ1) is 8.36. The van der Waals surface area contributed by atoms with Gasteiger partial charge < -0.3 is 5.11 Å². The minimum Gasteiger partial charge on any atom is -0.384 e. The Bertz CT molecular complexity index is 631. The third kappa shape index (κ3) is 1.70. The smallest absolute Gasteiger partial charge is 0.106 e. The molecule has 3 heteroatoms. The van der Waals surface area contributed by atoms with Crippen LogP contribution in [-0.4, -0.2) is 15.3 Å². The van der Waals surface area contributed by atoms with Crippen LogP contribution in [0.2, 0.25) is 0 Å². The van der Waals surface area contributed by atoms with Crippen LogP contribution in [0, 0.1) is 0 Å². The Hall–Kier alpha value is -2.13. The van der Waals surface area contributed by atoms with E-state index >= 15 is 0 Å². The fourth-order valence-corrected chi connectivity index (χ4v) is 2.03. The summed E-state index contributed by atoms with van der Waals surface area (Å²) in [6, 6.07) is 15.4. The Balaban J connectivity index is 2.13. The number of aliphatic hydroxyl groups is 1. The maximum atomic E-state index is 10.4. The number of aromatic amines is 1.